The van der Waals surface area contributed by atoms with Crippen molar-refractivity contribution in [2.45, 2.75) is 43.5 Å². The third kappa shape index (κ3) is 4.08. The highest BCUT2D eigenvalue weighted by molar-refractivity contribution is 8.00. The molecule has 1 aromatic heterocycles. The zero-order valence-electron chi connectivity index (χ0n) is 16.0. The van der Waals surface area contributed by atoms with Gasteiger partial charge in [-0.15, -0.1) is 0 Å². The Morgan fingerprint density at radius 3 is 2.50 bits per heavy atom. The van der Waals surface area contributed by atoms with Gasteiger partial charge in [-0.25, -0.2) is 4.98 Å². The van der Waals surface area contributed by atoms with Crippen molar-refractivity contribution >= 4 is 40.2 Å². The number of primary amides is 1. The summed E-state index contributed by atoms with van der Waals surface area (Å²) in [4.78, 5) is 29.4. The number of nitrogens with zero attached hydrogens (tertiary/aromatic N) is 2. The number of carbonyl (C=O) groups excluding carboxylic acids is 1. The topological polar surface area (TPSA) is 78.0 Å². The van der Waals surface area contributed by atoms with E-state index < -0.39 is 11.2 Å². The van der Waals surface area contributed by atoms with Gasteiger partial charge < -0.3 is 5.73 Å². The van der Waals surface area contributed by atoms with Crippen LogP contribution in [0.1, 0.15) is 38.7 Å². The van der Waals surface area contributed by atoms with Crippen LogP contribution in [0.3, 0.4) is 0 Å². The van der Waals surface area contributed by atoms with E-state index >= 15 is 0 Å². The lowest BCUT2D eigenvalue weighted by molar-refractivity contribution is -0.117. The number of nitrogens with two attached hydrogens (primary N) is 1. The van der Waals surface area contributed by atoms with E-state index in [1.165, 1.54) is 21.9 Å². The number of carbonyl (C=O) groups is 1. The predicted molar refractivity (Wildman–Crippen MR) is 116 cm³/mol. The molecular formula is C21H22ClN3O2S. The molecule has 2 atom stereocenters. The summed E-state index contributed by atoms with van der Waals surface area (Å²) < 4.78 is 1.52. The first-order chi connectivity index (χ1) is 13.3. The van der Waals surface area contributed by atoms with Crippen LogP contribution in [-0.4, -0.2) is 20.7 Å². The fourth-order valence-corrected chi connectivity index (χ4v) is 3.90. The smallest absolute Gasteiger partial charge is 0.266 e. The fraction of sp³-hybridized carbons (Fsp3) is 0.286. The summed E-state index contributed by atoms with van der Waals surface area (Å²) in [6.07, 6.45) is 1.03. The van der Waals surface area contributed by atoms with Gasteiger partial charge >= 0.3 is 0 Å². The molecule has 0 aliphatic heterocycles. The molecule has 0 fully saturated rings. The molecule has 0 spiro atoms. The molecule has 1 heterocycles. The number of amides is 1. The van der Waals surface area contributed by atoms with Crippen LogP contribution in [0, 0.1) is 0 Å². The highest BCUT2D eigenvalue weighted by Crippen LogP contribution is 2.27. The first-order valence-electron chi connectivity index (χ1n) is 9.10. The van der Waals surface area contributed by atoms with Crippen LogP contribution in [0.5, 0.6) is 0 Å². The molecule has 2 aromatic carbocycles. The van der Waals surface area contributed by atoms with E-state index in [4.69, 9.17) is 17.3 Å². The third-order valence-electron chi connectivity index (χ3n) is 4.82. The van der Waals surface area contributed by atoms with Crippen LogP contribution in [-0.2, 0) is 4.79 Å². The molecule has 0 aliphatic carbocycles. The van der Waals surface area contributed by atoms with Crippen molar-refractivity contribution in [3.8, 4) is 5.69 Å². The lowest BCUT2D eigenvalue weighted by atomic mass is 9.98. The van der Waals surface area contributed by atoms with E-state index in [9.17, 15) is 9.59 Å². The van der Waals surface area contributed by atoms with Gasteiger partial charge in [0, 0.05) is 5.02 Å². The molecule has 0 aliphatic rings. The van der Waals surface area contributed by atoms with Gasteiger partial charge in [0.1, 0.15) is 0 Å². The quantitative estimate of drug-likeness (QED) is 0.474. The van der Waals surface area contributed by atoms with E-state index in [0.29, 0.717) is 32.7 Å². The summed E-state index contributed by atoms with van der Waals surface area (Å²) in [7, 11) is 0. The largest absolute Gasteiger partial charge is 0.369 e. The second-order valence-electron chi connectivity index (χ2n) is 6.76. The lowest BCUT2D eigenvalue weighted by Gasteiger charge is -2.16. The van der Waals surface area contributed by atoms with Crippen LogP contribution in [0.2, 0.25) is 5.02 Å². The summed E-state index contributed by atoms with van der Waals surface area (Å²) in [5.41, 5.74) is 7.60. The van der Waals surface area contributed by atoms with Gasteiger partial charge in [0.2, 0.25) is 5.91 Å². The van der Waals surface area contributed by atoms with Gasteiger partial charge in [-0.3, -0.25) is 14.2 Å². The molecule has 2 N–H and O–H groups in total. The van der Waals surface area contributed by atoms with Gasteiger partial charge in [0.15, 0.2) is 5.16 Å². The molecule has 7 heteroatoms. The maximum Gasteiger partial charge on any atom is 0.266 e. The van der Waals surface area contributed by atoms with Gasteiger partial charge in [0.25, 0.3) is 5.56 Å². The van der Waals surface area contributed by atoms with E-state index in [1.54, 1.807) is 25.1 Å². The second kappa shape index (κ2) is 8.37. The summed E-state index contributed by atoms with van der Waals surface area (Å²) in [6.45, 7) is 6.00. The van der Waals surface area contributed by atoms with E-state index in [2.05, 4.69) is 18.8 Å². The minimum absolute atomic E-state index is 0.233. The molecular weight excluding hydrogens is 394 g/mol. The van der Waals surface area contributed by atoms with Crippen LogP contribution in [0.25, 0.3) is 16.6 Å². The molecule has 0 radical (unpaired) electrons. The molecule has 146 valence electrons. The average molecular weight is 416 g/mol. The average Bonchev–Trinajstić information content (AvgIpc) is 2.68. The number of rotatable bonds is 6. The van der Waals surface area contributed by atoms with E-state index in [0.717, 1.165) is 6.42 Å². The molecule has 28 heavy (non-hydrogen) atoms. The molecule has 1 amide bonds. The minimum Gasteiger partial charge on any atom is -0.369 e. The van der Waals surface area contributed by atoms with Gasteiger partial charge in [-0.2, -0.15) is 0 Å². The van der Waals surface area contributed by atoms with Gasteiger partial charge in [-0.1, -0.05) is 49.3 Å². The summed E-state index contributed by atoms with van der Waals surface area (Å²) in [6, 6.07) is 12.8. The van der Waals surface area contributed by atoms with Crippen LogP contribution in [0.15, 0.2) is 52.4 Å². The fourth-order valence-electron chi connectivity index (χ4n) is 2.85. The Labute approximate surface area is 172 Å². The Hall–Kier alpha value is -2.31. The van der Waals surface area contributed by atoms with Crippen molar-refractivity contribution in [1.82, 2.24) is 9.55 Å². The number of benzene rings is 2. The van der Waals surface area contributed by atoms with Crippen molar-refractivity contribution in [2.24, 2.45) is 5.73 Å². The summed E-state index contributed by atoms with van der Waals surface area (Å²) >= 11 is 7.25. The third-order valence-corrected chi connectivity index (χ3v) is 6.12. The Morgan fingerprint density at radius 1 is 1.21 bits per heavy atom. The van der Waals surface area contributed by atoms with Gasteiger partial charge in [0.05, 0.1) is 21.8 Å². The molecule has 3 aromatic rings. The van der Waals surface area contributed by atoms with E-state index in [1.807, 2.05) is 24.3 Å². The van der Waals surface area contributed by atoms with Crippen molar-refractivity contribution in [3.05, 3.63) is 63.4 Å². The number of thioether (sulfide) groups is 1. The number of halogens is 1. The number of hydrogen-bond acceptors (Lipinski definition) is 4. The molecule has 3 rings (SSSR count). The van der Waals surface area contributed by atoms with E-state index in [-0.39, 0.29) is 5.56 Å². The first kappa shape index (κ1) is 20.4. The SMILES string of the molecule is CC[C@H](C)c1ccc(-n2c(S[C@H](C)C(N)=O)nc3ccc(Cl)cc3c2=O)cc1. The highest BCUT2D eigenvalue weighted by atomic mass is 35.5. The van der Waals surface area contributed by atoms with Gasteiger partial charge in [-0.05, 0) is 55.2 Å². The van der Waals surface area contributed by atoms with Crippen molar-refractivity contribution < 1.29 is 4.79 Å². The Bertz CT molecular complexity index is 1080. The number of aromatic nitrogens is 2. The maximum absolute atomic E-state index is 13.3. The Morgan fingerprint density at radius 2 is 1.89 bits per heavy atom. The normalized spacial score (nSPS) is 13.4. The van der Waals surface area contributed by atoms with Crippen LogP contribution < -0.4 is 11.3 Å². The molecule has 0 saturated carbocycles. The Kier molecular flexibility index (Phi) is 6.10. The van der Waals surface area contributed by atoms with Crippen LogP contribution >= 0.6 is 23.4 Å². The highest BCUT2D eigenvalue weighted by Gasteiger charge is 2.19. The van der Waals surface area contributed by atoms with Crippen LogP contribution in [0.4, 0.5) is 0 Å². The minimum atomic E-state index is -0.526. The standard InChI is InChI=1S/C21H22ClN3O2S/c1-4-12(2)14-5-8-16(9-6-14)25-20(27)17-11-15(22)7-10-18(17)24-21(25)28-13(3)19(23)26/h5-13H,4H2,1-3H3,(H2,23,26)/t12-,13+/m0/s1. The monoisotopic (exact) mass is 415 g/mol. The Balaban J connectivity index is 2.21. The second-order valence-corrected chi connectivity index (χ2v) is 8.50. The van der Waals surface area contributed by atoms with Crippen molar-refractivity contribution in [1.29, 1.82) is 0 Å². The predicted octanol–water partition coefficient (Wildman–Crippen LogP) is 4.52. The lowest BCUT2D eigenvalue weighted by Crippen LogP contribution is -2.26. The number of hydrogen-bond donors (Lipinski definition) is 1. The number of fused-ring (bicyclic) bond motifs is 1. The zero-order valence-corrected chi connectivity index (χ0v) is 17.6. The molecule has 0 bridgehead atoms. The summed E-state index contributed by atoms with van der Waals surface area (Å²) in [5, 5.41) is 0.787. The first-order valence-corrected chi connectivity index (χ1v) is 10.4. The summed E-state index contributed by atoms with van der Waals surface area (Å²) in [5.74, 6) is -0.0304. The molecule has 5 nitrogen and oxygen atoms in total. The van der Waals surface area contributed by atoms with Crippen molar-refractivity contribution in [3.63, 3.8) is 0 Å². The molecule has 0 saturated heterocycles. The van der Waals surface area contributed by atoms with Crippen molar-refractivity contribution in [2.75, 3.05) is 0 Å². The molecule has 0 unspecified atom stereocenters. The maximum atomic E-state index is 13.3. The zero-order chi connectivity index (χ0) is 20.4.